The van der Waals surface area contributed by atoms with E-state index < -0.39 is 15.8 Å². The van der Waals surface area contributed by atoms with Crippen LogP contribution in [0.1, 0.15) is 28.3 Å². The highest BCUT2D eigenvalue weighted by Gasteiger charge is 2.33. The van der Waals surface area contributed by atoms with E-state index in [9.17, 15) is 12.8 Å². The number of piperazine rings is 1. The highest BCUT2D eigenvalue weighted by Crippen LogP contribution is 2.31. The molecule has 0 bridgehead atoms. The SMILES string of the molecule is Cc1ccc([C@@H](c2ccccc2)N2CCN(S(=O)(=O)c3cc(F)ccc3C)CC2)cc1. The second kappa shape index (κ2) is 8.91. The van der Waals surface area contributed by atoms with Crippen molar-refractivity contribution in [3.8, 4) is 0 Å². The van der Waals surface area contributed by atoms with Crippen LogP contribution in [0.15, 0.2) is 77.7 Å². The number of hydrogen-bond donors (Lipinski definition) is 0. The Morgan fingerprint density at radius 1 is 0.806 bits per heavy atom. The van der Waals surface area contributed by atoms with Gasteiger partial charge in [-0.2, -0.15) is 4.31 Å². The minimum Gasteiger partial charge on any atom is -0.290 e. The molecular weight excluding hydrogens is 411 g/mol. The van der Waals surface area contributed by atoms with E-state index in [1.54, 1.807) is 6.92 Å². The van der Waals surface area contributed by atoms with Crippen LogP contribution in [-0.2, 0) is 10.0 Å². The molecule has 0 aromatic heterocycles. The van der Waals surface area contributed by atoms with Crippen molar-refractivity contribution in [2.45, 2.75) is 24.8 Å². The van der Waals surface area contributed by atoms with Gasteiger partial charge < -0.3 is 0 Å². The summed E-state index contributed by atoms with van der Waals surface area (Å²) in [5, 5.41) is 0. The fourth-order valence-electron chi connectivity index (χ4n) is 4.19. The summed E-state index contributed by atoms with van der Waals surface area (Å²) < 4.78 is 41.5. The van der Waals surface area contributed by atoms with Crippen LogP contribution in [0.5, 0.6) is 0 Å². The summed E-state index contributed by atoms with van der Waals surface area (Å²) in [7, 11) is -3.73. The zero-order valence-corrected chi connectivity index (χ0v) is 18.6. The molecule has 0 radical (unpaired) electrons. The summed E-state index contributed by atoms with van der Waals surface area (Å²) >= 11 is 0. The van der Waals surface area contributed by atoms with Crippen molar-refractivity contribution in [2.24, 2.45) is 0 Å². The molecular formula is C25H27FN2O2S. The molecule has 0 spiro atoms. The lowest BCUT2D eigenvalue weighted by molar-refractivity contribution is 0.155. The van der Waals surface area contributed by atoms with Gasteiger partial charge in [-0.15, -0.1) is 0 Å². The number of halogens is 1. The second-order valence-corrected chi connectivity index (χ2v) is 9.98. The fourth-order valence-corrected chi connectivity index (χ4v) is 5.85. The first kappa shape index (κ1) is 21.7. The third-order valence-corrected chi connectivity index (χ3v) is 7.96. The molecule has 0 unspecified atom stereocenters. The van der Waals surface area contributed by atoms with E-state index in [1.165, 1.54) is 33.1 Å². The molecule has 1 aliphatic rings. The predicted molar refractivity (Wildman–Crippen MR) is 121 cm³/mol. The van der Waals surface area contributed by atoms with Gasteiger partial charge in [-0.1, -0.05) is 66.2 Å². The maximum absolute atomic E-state index is 13.7. The monoisotopic (exact) mass is 438 g/mol. The molecule has 6 heteroatoms. The van der Waals surface area contributed by atoms with Crippen LogP contribution < -0.4 is 0 Å². The van der Waals surface area contributed by atoms with Crippen molar-refractivity contribution in [3.63, 3.8) is 0 Å². The van der Waals surface area contributed by atoms with Crippen molar-refractivity contribution in [3.05, 3.63) is 101 Å². The normalized spacial score (nSPS) is 16.9. The molecule has 31 heavy (non-hydrogen) atoms. The van der Waals surface area contributed by atoms with E-state index in [4.69, 9.17) is 0 Å². The summed E-state index contributed by atoms with van der Waals surface area (Å²) in [6.07, 6.45) is 0. The molecule has 4 nitrogen and oxygen atoms in total. The molecule has 3 aromatic carbocycles. The van der Waals surface area contributed by atoms with Gasteiger partial charge in [0.15, 0.2) is 0 Å². The molecule has 1 aliphatic heterocycles. The van der Waals surface area contributed by atoms with Gasteiger partial charge in [-0.3, -0.25) is 4.90 Å². The number of rotatable bonds is 5. The van der Waals surface area contributed by atoms with Gasteiger partial charge in [0.25, 0.3) is 0 Å². The van der Waals surface area contributed by atoms with Crippen molar-refractivity contribution in [1.29, 1.82) is 0 Å². The molecule has 0 N–H and O–H groups in total. The van der Waals surface area contributed by atoms with Crippen molar-refractivity contribution >= 4 is 10.0 Å². The van der Waals surface area contributed by atoms with Crippen LogP contribution in [0, 0.1) is 19.7 Å². The molecule has 162 valence electrons. The Hall–Kier alpha value is -2.54. The Labute approximate surface area is 184 Å². The summed E-state index contributed by atoms with van der Waals surface area (Å²) in [6.45, 7) is 5.70. The molecule has 1 saturated heterocycles. The van der Waals surface area contributed by atoms with Crippen LogP contribution in [0.2, 0.25) is 0 Å². The third kappa shape index (κ3) is 4.56. The van der Waals surface area contributed by atoms with E-state index in [1.807, 2.05) is 18.2 Å². The summed E-state index contributed by atoms with van der Waals surface area (Å²) in [6, 6.07) is 22.8. The van der Waals surface area contributed by atoms with E-state index in [0.717, 1.165) is 6.07 Å². The van der Waals surface area contributed by atoms with Gasteiger partial charge in [0.05, 0.1) is 10.9 Å². The van der Waals surface area contributed by atoms with Gasteiger partial charge in [0.2, 0.25) is 10.0 Å². The number of nitrogens with zero attached hydrogens (tertiary/aromatic N) is 2. The summed E-state index contributed by atoms with van der Waals surface area (Å²) in [5.41, 5.74) is 4.14. The first-order chi connectivity index (χ1) is 14.9. The average molecular weight is 439 g/mol. The van der Waals surface area contributed by atoms with Crippen LogP contribution in [0.4, 0.5) is 4.39 Å². The second-order valence-electron chi connectivity index (χ2n) is 8.07. The number of hydrogen-bond acceptors (Lipinski definition) is 3. The van der Waals surface area contributed by atoms with Crippen LogP contribution in [0.25, 0.3) is 0 Å². The quantitative estimate of drug-likeness (QED) is 0.587. The first-order valence-corrected chi connectivity index (χ1v) is 11.9. The topological polar surface area (TPSA) is 40.6 Å². The minimum atomic E-state index is -3.73. The number of benzene rings is 3. The molecule has 1 atom stereocenters. The molecule has 0 aliphatic carbocycles. The van der Waals surface area contributed by atoms with Crippen LogP contribution in [-0.4, -0.2) is 43.8 Å². The first-order valence-electron chi connectivity index (χ1n) is 10.5. The van der Waals surface area contributed by atoms with E-state index in [0.29, 0.717) is 31.7 Å². The van der Waals surface area contributed by atoms with Crippen LogP contribution in [0.3, 0.4) is 0 Å². The zero-order valence-electron chi connectivity index (χ0n) is 17.8. The maximum Gasteiger partial charge on any atom is 0.243 e. The van der Waals surface area contributed by atoms with E-state index in [-0.39, 0.29) is 10.9 Å². The fraction of sp³-hybridized carbons (Fsp3) is 0.280. The van der Waals surface area contributed by atoms with Gasteiger partial charge >= 0.3 is 0 Å². The Bertz CT molecular complexity index is 1140. The number of aryl methyl sites for hydroxylation is 2. The highest BCUT2D eigenvalue weighted by atomic mass is 32.2. The predicted octanol–water partition coefficient (Wildman–Crippen LogP) is 4.54. The lowest BCUT2D eigenvalue weighted by atomic mass is 9.96. The average Bonchev–Trinajstić information content (AvgIpc) is 2.78. The highest BCUT2D eigenvalue weighted by molar-refractivity contribution is 7.89. The van der Waals surface area contributed by atoms with Crippen molar-refractivity contribution in [1.82, 2.24) is 9.21 Å². The molecule has 1 heterocycles. The Morgan fingerprint density at radius 2 is 1.42 bits per heavy atom. The minimum absolute atomic E-state index is 0.0547. The lowest BCUT2D eigenvalue weighted by Crippen LogP contribution is -2.49. The lowest BCUT2D eigenvalue weighted by Gasteiger charge is -2.39. The summed E-state index contributed by atoms with van der Waals surface area (Å²) in [4.78, 5) is 2.38. The molecule has 4 rings (SSSR count). The largest absolute Gasteiger partial charge is 0.290 e. The van der Waals surface area contributed by atoms with Gasteiger partial charge in [-0.25, -0.2) is 12.8 Å². The molecule has 0 saturated carbocycles. The van der Waals surface area contributed by atoms with Gasteiger partial charge in [0.1, 0.15) is 5.82 Å². The van der Waals surface area contributed by atoms with E-state index >= 15 is 0 Å². The van der Waals surface area contributed by atoms with Gasteiger partial charge in [-0.05, 0) is 42.7 Å². The van der Waals surface area contributed by atoms with E-state index in [2.05, 4.69) is 48.2 Å². The van der Waals surface area contributed by atoms with Gasteiger partial charge in [0, 0.05) is 26.2 Å². The molecule has 3 aromatic rings. The molecule has 0 amide bonds. The van der Waals surface area contributed by atoms with Crippen LogP contribution >= 0.6 is 0 Å². The smallest absolute Gasteiger partial charge is 0.243 e. The zero-order chi connectivity index (χ0) is 22.0. The van der Waals surface area contributed by atoms with Crippen molar-refractivity contribution in [2.75, 3.05) is 26.2 Å². The Kier molecular flexibility index (Phi) is 6.23. The third-order valence-electron chi connectivity index (χ3n) is 5.91. The molecule has 1 fully saturated rings. The summed E-state index contributed by atoms with van der Waals surface area (Å²) in [5.74, 6) is -0.536. The van der Waals surface area contributed by atoms with Crippen molar-refractivity contribution < 1.29 is 12.8 Å². The number of sulfonamides is 1. The Morgan fingerprint density at radius 3 is 2.06 bits per heavy atom. The maximum atomic E-state index is 13.7. The standard InChI is InChI=1S/C25H27FN2O2S/c1-19-8-11-22(12-9-19)25(21-6-4-3-5-7-21)27-14-16-28(17-15-27)31(29,30)24-18-23(26)13-10-20(24)2/h3-13,18,25H,14-17H2,1-2H3/t25-/m1/s1. The Balaban J connectivity index is 1.58.